The Kier molecular flexibility index (Phi) is 3.05. The number of likely N-dealkylation sites (tertiary alicyclic amines) is 1. The van der Waals surface area contributed by atoms with Gasteiger partial charge in [-0.2, -0.15) is 0 Å². The minimum absolute atomic E-state index is 0.120. The third-order valence-corrected chi connectivity index (χ3v) is 3.41. The quantitative estimate of drug-likeness (QED) is 0.812. The molecule has 0 aliphatic carbocycles. The molecule has 0 spiro atoms. The number of benzene rings is 1. The second-order valence-electron chi connectivity index (χ2n) is 3.98. The van der Waals surface area contributed by atoms with E-state index in [9.17, 15) is 4.79 Å². The van der Waals surface area contributed by atoms with Gasteiger partial charge >= 0.3 is 0 Å². The molecule has 1 heterocycles. The predicted molar refractivity (Wildman–Crippen MR) is 68.2 cm³/mol. The number of amides is 1. The highest BCUT2D eigenvalue weighted by Crippen LogP contribution is 2.26. The highest BCUT2D eigenvalue weighted by atomic mass is 79.9. The molecule has 1 unspecified atom stereocenters. The second-order valence-corrected chi connectivity index (χ2v) is 4.84. The predicted octanol–water partition coefficient (Wildman–Crippen LogP) is 1.67. The Hall–Kier alpha value is -1.23. The molecule has 2 rings (SSSR count). The second kappa shape index (κ2) is 4.33. The summed E-state index contributed by atoms with van der Waals surface area (Å²) < 4.78 is 0.884. The van der Waals surface area contributed by atoms with E-state index in [2.05, 4.69) is 21.2 Å². The Morgan fingerprint density at radius 3 is 2.88 bits per heavy atom. The van der Waals surface area contributed by atoms with Crippen molar-refractivity contribution in [1.82, 2.24) is 4.90 Å². The summed E-state index contributed by atoms with van der Waals surface area (Å²) in [5.74, 6) is 0.142. The molecule has 1 saturated heterocycles. The van der Waals surface area contributed by atoms with E-state index in [0.717, 1.165) is 23.1 Å². The van der Waals surface area contributed by atoms with Crippen LogP contribution in [0.15, 0.2) is 22.7 Å². The molecule has 86 valence electrons. The number of nitrogens with zero attached hydrogens (tertiary/aromatic N) is 1. The molecule has 5 heteroatoms. The highest BCUT2D eigenvalue weighted by Gasteiger charge is 2.28. The fourth-order valence-electron chi connectivity index (χ4n) is 1.79. The van der Waals surface area contributed by atoms with E-state index in [0.29, 0.717) is 5.69 Å². The number of halogens is 1. The van der Waals surface area contributed by atoms with Crippen LogP contribution >= 0.6 is 15.9 Å². The molecule has 16 heavy (non-hydrogen) atoms. The molecule has 1 aliphatic heterocycles. The Bertz CT molecular complexity index is 422. The van der Waals surface area contributed by atoms with Crippen molar-refractivity contribution in [2.45, 2.75) is 12.5 Å². The molecule has 1 amide bonds. The molecule has 3 N–H and O–H groups in total. The lowest BCUT2D eigenvalue weighted by Crippen LogP contribution is -2.31. The smallest absolute Gasteiger partial charge is 0.244 e. The maximum Gasteiger partial charge on any atom is 0.244 e. The zero-order valence-electron chi connectivity index (χ0n) is 9.03. The van der Waals surface area contributed by atoms with E-state index in [1.807, 2.05) is 25.2 Å². The summed E-state index contributed by atoms with van der Waals surface area (Å²) in [5, 5.41) is 3.22. The molecule has 0 aromatic heterocycles. The maximum atomic E-state index is 11.7. The lowest BCUT2D eigenvalue weighted by molar-refractivity contribution is -0.127. The Morgan fingerprint density at radius 2 is 2.31 bits per heavy atom. The van der Waals surface area contributed by atoms with Crippen molar-refractivity contribution in [3.05, 3.63) is 22.7 Å². The van der Waals surface area contributed by atoms with Crippen LogP contribution in [0.5, 0.6) is 0 Å². The van der Waals surface area contributed by atoms with Crippen LogP contribution in [0.3, 0.4) is 0 Å². The number of anilines is 2. The fourth-order valence-corrected chi connectivity index (χ4v) is 2.30. The topological polar surface area (TPSA) is 58.4 Å². The molecule has 0 radical (unpaired) electrons. The number of hydrogen-bond acceptors (Lipinski definition) is 3. The number of rotatable bonds is 2. The Labute approximate surface area is 103 Å². The Balaban J connectivity index is 2.12. The van der Waals surface area contributed by atoms with Gasteiger partial charge < -0.3 is 16.0 Å². The van der Waals surface area contributed by atoms with Gasteiger partial charge in [0.1, 0.15) is 6.04 Å². The number of likely N-dealkylation sites (N-methyl/N-ethyl adjacent to an activating group) is 1. The van der Waals surface area contributed by atoms with Crippen LogP contribution in [-0.4, -0.2) is 30.4 Å². The number of carbonyl (C=O) groups is 1. The van der Waals surface area contributed by atoms with Gasteiger partial charge in [-0.25, -0.2) is 0 Å². The lowest BCUT2D eigenvalue weighted by atomic mass is 10.2. The highest BCUT2D eigenvalue weighted by molar-refractivity contribution is 9.10. The summed E-state index contributed by atoms with van der Waals surface area (Å²) in [6, 6.07) is 5.40. The molecular formula is C11H14BrN3O. The van der Waals surface area contributed by atoms with Gasteiger partial charge in [-0.05, 0) is 40.5 Å². The number of hydrogen-bond donors (Lipinski definition) is 2. The van der Waals surface area contributed by atoms with Gasteiger partial charge in [0.25, 0.3) is 0 Å². The van der Waals surface area contributed by atoms with Gasteiger partial charge in [0, 0.05) is 29.4 Å². The third kappa shape index (κ3) is 2.14. The van der Waals surface area contributed by atoms with Crippen LogP contribution in [0, 0.1) is 0 Å². The standard InChI is InChI=1S/C11H14BrN3O/c1-15-5-4-10(11(15)16)14-9-3-2-7(13)6-8(9)12/h2-3,6,10,14H,4-5,13H2,1H3. The first-order valence-electron chi connectivity index (χ1n) is 5.14. The monoisotopic (exact) mass is 283 g/mol. The normalized spacial score (nSPS) is 20.2. The Morgan fingerprint density at radius 1 is 1.56 bits per heavy atom. The molecule has 1 aliphatic rings. The summed E-state index contributed by atoms with van der Waals surface area (Å²) in [5.41, 5.74) is 7.26. The average Bonchev–Trinajstić information content (AvgIpc) is 2.54. The number of carbonyl (C=O) groups excluding carboxylic acids is 1. The van der Waals surface area contributed by atoms with Gasteiger partial charge in [-0.3, -0.25) is 4.79 Å². The first-order chi connectivity index (χ1) is 7.58. The molecule has 1 aromatic carbocycles. The van der Waals surface area contributed by atoms with Crippen LogP contribution in [-0.2, 0) is 4.79 Å². The minimum Gasteiger partial charge on any atom is -0.399 e. The first-order valence-corrected chi connectivity index (χ1v) is 5.94. The van der Waals surface area contributed by atoms with Crippen LogP contribution in [0.1, 0.15) is 6.42 Å². The average molecular weight is 284 g/mol. The zero-order chi connectivity index (χ0) is 11.7. The van der Waals surface area contributed by atoms with Crippen LogP contribution < -0.4 is 11.1 Å². The van der Waals surface area contributed by atoms with Gasteiger partial charge in [0.2, 0.25) is 5.91 Å². The number of nitrogens with two attached hydrogens (primary N) is 1. The first kappa shape index (κ1) is 11.3. The number of nitrogens with one attached hydrogen (secondary N) is 1. The summed E-state index contributed by atoms with van der Waals surface area (Å²) >= 11 is 3.42. The van der Waals surface area contributed by atoms with E-state index in [1.54, 1.807) is 4.90 Å². The van der Waals surface area contributed by atoms with Crippen molar-refractivity contribution < 1.29 is 4.79 Å². The van der Waals surface area contributed by atoms with E-state index >= 15 is 0 Å². The van der Waals surface area contributed by atoms with Crippen molar-refractivity contribution in [3.63, 3.8) is 0 Å². The van der Waals surface area contributed by atoms with Crippen molar-refractivity contribution in [2.24, 2.45) is 0 Å². The SMILES string of the molecule is CN1CCC(Nc2ccc(N)cc2Br)C1=O. The zero-order valence-corrected chi connectivity index (χ0v) is 10.6. The number of nitrogen functional groups attached to an aromatic ring is 1. The van der Waals surface area contributed by atoms with Crippen LogP contribution in [0.4, 0.5) is 11.4 Å². The van der Waals surface area contributed by atoms with E-state index < -0.39 is 0 Å². The molecule has 1 atom stereocenters. The molecule has 0 saturated carbocycles. The molecule has 0 bridgehead atoms. The van der Waals surface area contributed by atoms with Gasteiger partial charge in [-0.15, -0.1) is 0 Å². The van der Waals surface area contributed by atoms with E-state index in [-0.39, 0.29) is 11.9 Å². The lowest BCUT2D eigenvalue weighted by Gasteiger charge is -2.14. The van der Waals surface area contributed by atoms with Gasteiger partial charge in [-0.1, -0.05) is 0 Å². The van der Waals surface area contributed by atoms with E-state index in [1.165, 1.54) is 0 Å². The molecule has 1 fully saturated rings. The summed E-state index contributed by atoms with van der Waals surface area (Å²) in [4.78, 5) is 13.5. The molecule has 1 aromatic rings. The fraction of sp³-hybridized carbons (Fsp3) is 0.364. The van der Waals surface area contributed by atoms with Gasteiger partial charge in [0.15, 0.2) is 0 Å². The molecular weight excluding hydrogens is 270 g/mol. The molecule has 4 nitrogen and oxygen atoms in total. The van der Waals surface area contributed by atoms with Crippen molar-refractivity contribution in [3.8, 4) is 0 Å². The van der Waals surface area contributed by atoms with Gasteiger partial charge in [0.05, 0.1) is 0 Å². The summed E-state index contributed by atoms with van der Waals surface area (Å²) in [6.07, 6.45) is 0.839. The minimum atomic E-state index is -0.120. The largest absolute Gasteiger partial charge is 0.399 e. The van der Waals surface area contributed by atoms with E-state index in [4.69, 9.17) is 5.73 Å². The van der Waals surface area contributed by atoms with Crippen LogP contribution in [0.25, 0.3) is 0 Å². The summed E-state index contributed by atoms with van der Waals surface area (Å²) in [7, 11) is 1.82. The van der Waals surface area contributed by atoms with Crippen molar-refractivity contribution in [1.29, 1.82) is 0 Å². The van der Waals surface area contributed by atoms with Crippen molar-refractivity contribution in [2.75, 3.05) is 24.6 Å². The van der Waals surface area contributed by atoms with Crippen LogP contribution in [0.2, 0.25) is 0 Å². The van der Waals surface area contributed by atoms with Crippen molar-refractivity contribution >= 4 is 33.2 Å². The maximum absolute atomic E-state index is 11.7. The summed E-state index contributed by atoms with van der Waals surface area (Å²) in [6.45, 7) is 0.809. The third-order valence-electron chi connectivity index (χ3n) is 2.75.